The van der Waals surface area contributed by atoms with Gasteiger partial charge in [0, 0.05) is 10.5 Å². The van der Waals surface area contributed by atoms with Gasteiger partial charge in [0.25, 0.3) is 0 Å². The maximum Gasteiger partial charge on any atom is 0.0224 e. The molecule has 0 saturated heterocycles. The maximum atomic E-state index is 3.51. The molecule has 0 aliphatic heterocycles. The Kier molecular flexibility index (Phi) is 5.78. The van der Waals surface area contributed by atoms with Gasteiger partial charge in [-0.1, -0.05) is 47.1 Å². The fraction of sp³-hybridized carbons (Fsp3) is 0.429. The average molecular weight is 282 g/mol. The zero-order valence-corrected chi connectivity index (χ0v) is 11.8. The van der Waals surface area contributed by atoms with Crippen LogP contribution < -0.4 is 5.32 Å². The van der Waals surface area contributed by atoms with Crippen molar-refractivity contribution < 1.29 is 0 Å². The van der Waals surface area contributed by atoms with E-state index in [0.717, 1.165) is 6.54 Å². The van der Waals surface area contributed by atoms with E-state index in [-0.39, 0.29) is 0 Å². The number of halogens is 1. The lowest BCUT2D eigenvalue weighted by Gasteiger charge is -2.07. The molecule has 2 heteroatoms. The summed E-state index contributed by atoms with van der Waals surface area (Å²) in [5.41, 5.74) is 2.53. The van der Waals surface area contributed by atoms with E-state index in [4.69, 9.17) is 0 Å². The minimum absolute atomic E-state index is 0.434. The highest BCUT2D eigenvalue weighted by Crippen LogP contribution is 2.17. The molecule has 0 radical (unpaired) electrons. The van der Waals surface area contributed by atoms with Gasteiger partial charge in [-0.2, -0.15) is 0 Å². The van der Waals surface area contributed by atoms with E-state index in [9.17, 15) is 0 Å². The predicted octanol–water partition coefficient (Wildman–Crippen LogP) is 4.16. The van der Waals surface area contributed by atoms with Crippen LogP contribution in [0, 0.1) is 6.92 Å². The molecule has 0 fully saturated rings. The van der Waals surface area contributed by atoms with Gasteiger partial charge in [0.2, 0.25) is 0 Å². The highest BCUT2D eigenvalue weighted by molar-refractivity contribution is 9.10. The summed E-state index contributed by atoms with van der Waals surface area (Å²) in [7, 11) is 0. The van der Waals surface area contributed by atoms with Crippen LogP contribution in [0.15, 0.2) is 28.7 Å². The van der Waals surface area contributed by atoms with Gasteiger partial charge in [0.05, 0.1) is 0 Å². The molecule has 0 saturated carbocycles. The van der Waals surface area contributed by atoms with Crippen molar-refractivity contribution in [1.82, 2.24) is 5.32 Å². The third kappa shape index (κ3) is 4.50. The van der Waals surface area contributed by atoms with Crippen LogP contribution in [0.1, 0.15) is 31.4 Å². The molecule has 88 valence electrons. The van der Waals surface area contributed by atoms with E-state index < -0.39 is 0 Å². The second-order valence-electron chi connectivity index (χ2n) is 4.11. The van der Waals surface area contributed by atoms with Crippen LogP contribution in [0.5, 0.6) is 0 Å². The minimum Gasteiger partial charge on any atom is -0.311 e. The first kappa shape index (κ1) is 13.5. The molecule has 1 unspecified atom stereocenters. The third-order valence-corrected chi connectivity index (χ3v) is 3.37. The van der Waals surface area contributed by atoms with Gasteiger partial charge in [-0.15, -0.1) is 0 Å². The Morgan fingerprint density at radius 1 is 1.44 bits per heavy atom. The number of rotatable bonds is 5. The smallest absolute Gasteiger partial charge is 0.0224 e. The molecular weight excluding hydrogens is 262 g/mol. The molecule has 16 heavy (non-hydrogen) atoms. The van der Waals surface area contributed by atoms with E-state index in [1.165, 1.54) is 22.0 Å². The van der Waals surface area contributed by atoms with Crippen LogP contribution in [0.25, 0.3) is 6.08 Å². The molecule has 0 aliphatic carbocycles. The summed E-state index contributed by atoms with van der Waals surface area (Å²) in [6.07, 6.45) is 5.56. The van der Waals surface area contributed by atoms with Gasteiger partial charge < -0.3 is 5.32 Å². The molecule has 0 heterocycles. The largest absolute Gasteiger partial charge is 0.311 e. The number of hydrogen-bond acceptors (Lipinski definition) is 1. The Morgan fingerprint density at radius 3 is 2.81 bits per heavy atom. The Morgan fingerprint density at radius 2 is 2.19 bits per heavy atom. The molecule has 0 amide bonds. The maximum absolute atomic E-state index is 3.51. The summed E-state index contributed by atoms with van der Waals surface area (Å²) in [5.74, 6) is 0. The van der Waals surface area contributed by atoms with Gasteiger partial charge in [0.15, 0.2) is 0 Å². The van der Waals surface area contributed by atoms with Gasteiger partial charge in [-0.25, -0.2) is 0 Å². The van der Waals surface area contributed by atoms with Crippen LogP contribution in [-0.2, 0) is 0 Å². The van der Waals surface area contributed by atoms with Crippen molar-refractivity contribution >= 4 is 22.0 Å². The lowest BCUT2D eigenvalue weighted by atomic mass is 10.1. The Hall–Kier alpha value is -0.600. The highest BCUT2D eigenvalue weighted by Gasteiger charge is 1.96. The fourth-order valence-corrected chi connectivity index (χ4v) is 1.71. The monoisotopic (exact) mass is 281 g/mol. The topological polar surface area (TPSA) is 12.0 Å². The number of hydrogen-bond donors (Lipinski definition) is 1. The lowest BCUT2D eigenvalue weighted by Crippen LogP contribution is -2.24. The van der Waals surface area contributed by atoms with Crippen molar-refractivity contribution in [2.45, 2.75) is 33.2 Å². The lowest BCUT2D eigenvalue weighted by molar-refractivity contribution is 0.625. The highest BCUT2D eigenvalue weighted by atomic mass is 79.9. The number of nitrogens with one attached hydrogen (secondary N) is 1. The molecule has 1 N–H and O–H groups in total. The molecule has 0 aliphatic rings. The molecule has 1 aromatic rings. The van der Waals surface area contributed by atoms with Crippen molar-refractivity contribution in [3.05, 3.63) is 39.9 Å². The van der Waals surface area contributed by atoms with Crippen LogP contribution in [0.3, 0.4) is 0 Å². The van der Waals surface area contributed by atoms with Gasteiger partial charge in [-0.3, -0.25) is 0 Å². The van der Waals surface area contributed by atoms with Crippen LogP contribution >= 0.6 is 15.9 Å². The Balaban J connectivity index is 2.58. The molecule has 1 aromatic carbocycles. The van der Waals surface area contributed by atoms with E-state index in [1.807, 2.05) is 0 Å². The first-order valence-corrected chi connectivity index (χ1v) is 6.60. The van der Waals surface area contributed by atoms with E-state index in [2.05, 4.69) is 72.4 Å². The van der Waals surface area contributed by atoms with Gasteiger partial charge >= 0.3 is 0 Å². The zero-order chi connectivity index (χ0) is 12.0. The number of aryl methyl sites for hydroxylation is 1. The average Bonchev–Trinajstić information content (AvgIpc) is 2.28. The summed E-state index contributed by atoms with van der Waals surface area (Å²) in [5, 5.41) is 3.43. The van der Waals surface area contributed by atoms with Crippen LogP contribution in [-0.4, -0.2) is 12.6 Å². The zero-order valence-electron chi connectivity index (χ0n) is 10.3. The molecule has 0 bridgehead atoms. The molecular formula is C14H20BrN. The normalized spacial score (nSPS) is 13.2. The molecule has 0 aromatic heterocycles. The Labute approximate surface area is 107 Å². The van der Waals surface area contributed by atoms with Crippen molar-refractivity contribution in [2.24, 2.45) is 0 Å². The first-order valence-electron chi connectivity index (χ1n) is 5.81. The van der Waals surface area contributed by atoms with Crippen molar-refractivity contribution in [1.29, 1.82) is 0 Å². The molecule has 1 atom stereocenters. The molecule has 0 spiro atoms. The van der Waals surface area contributed by atoms with Crippen molar-refractivity contribution in [3.8, 4) is 0 Å². The quantitative estimate of drug-likeness (QED) is 0.855. The van der Waals surface area contributed by atoms with E-state index >= 15 is 0 Å². The summed E-state index contributed by atoms with van der Waals surface area (Å²) in [6, 6.07) is 6.84. The third-order valence-electron chi connectivity index (χ3n) is 2.48. The second-order valence-corrected chi connectivity index (χ2v) is 4.96. The van der Waals surface area contributed by atoms with E-state index in [0.29, 0.717) is 6.04 Å². The number of benzene rings is 1. The fourth-order valence-electron chi connectivity index (χ4n) is 1.47. The summed E-state index contributed by atoms with van der Waals surface area (Å²) >= 11 is 3.51. The van der Waals surface area contributed by atoms with Crippen LogP contribution in [0.4, 0.5) is 0 Å². The molecule has 1 nitrogen and oxygen atoms in total. The summed E-state index contributed by atoms with van der Waals surface area (Å²) in [6.45, 7) is 7.55. The second kappa shape index (κ2) is 6.87. The first-order chi connectivity index (χ1) is 7.63. The van der Waals surface area contributed by atoms with Crippen molar-refractivity contribution in [2.75, 3.05) is 6.54 Å². The van der Waals surface area contributed by atoms with Gasteiger partial charge in [-0.05, 0) is 44.0 Å². The van der Waals surface area contributed by atoms with Gasteiger partial charge in [0.1, 0.15) is 0 Å². The van der Waals surface area contributed by atoms with Crippen molar-refractivity contribution in [3.63, 3.8) is 0 Å². The standard InChI is InChI=1S/C14H20BrN/c1-4-9-16-12(3)5-6-13-7-8-14(15)11(2)10-13/h5-8,10,12,16H,4,9H2,1-3H3/b6-5+. The minimum atomic E-state index is 0.434. The van der Waals surface area contributed by atoms with E-state index in [1.54, 1.807) is 0 Å². The summed E-state index contributed by atoms with van der Waals surface area (Å²) in [4.78, 5) is 0. The Bertz CT molecular complexity index is 358. The predicted molar refractivity (Wildman–Crippen MR) is 75.7 cm³/mol. The summed E-state index contributed by atoms with van der Waals surface area (Å²) < 4.78 is 1.17. The van der Waals surface area contributed by atoms with Crippen LogP contribution in [0.2, 0.25) is 0 Å². The SMILES string of the molecule is CCCNC(C)/C=C/c1ccc(Br)c(C)c1. The molecule has 1 rings (SSSR count).